The van der Waals surface area contributed by atoms with Gasteiger partial charge in [-0.25, -0.2) is 14.8 Å². The van der Waals surface area contributed by atoms with Gasteiger partial charge in [-0.05, 0) is 64.8 Å². The minimum Gasteiger partial charge on any atom is -0.467 e. The number of fused-ring (bicyclic) bond motifs is 1. The van der Waals surface area contributed by atoms with Crippen LogP contribution in [0.3, 0.4) is 0 Å². The summed E-state index contributed by atoms with van der Waals surface area (Å²) in [5, 5.41) is 4.60. The average Bonchev–Trinajstić information content (AvgIpc) is 3.39. The summed E-state index contributed by atoms with van der Waals surface area (Å²) in [7, 11) is 1.38. The number of hydrogen-bond acceptors (Lipinski definition) is 6. The molecule has 6 nitrogen and oxygen atoms in total. The van der Waals surface area contributed by atoms with Gasteiger partial charge < -0.3 is 14.0 Å². The van der Waals surface area contributed by atoms with Crippen molar-refractivity contribution in [3.63, 3.8) is 0 Å². The van der Waals surface area contributed by atoms with E-state index in [1.54, 1.807) is 11.3 Å². The fraction of sp³-hybridized carbons (Fsp3) is 0.370. The van der Waals surface area contributed by atoms with Crippen molar-refractivity contribution in [1.29, 1.82) is 0 Å². The first kappa shape index (κ1) is 25.4. The third-order valence-corrected chi connectivity index (χ3v) is 7.06. The molecule has 0 spiro atoms. The lowest BCUT2D eigenvalue weighted by atomic mass is 9.91. The highest BCUT2D eigenvalue weighted by atomic mass is 35.5. The highest BCUT2D eigenvalue weighted by Gasteiger charge is 2.34. The van der Waals surface area contributed by atoms with Gasteiger partial charge in [0.1, 0.15) is 10.7 Å². The van der Waals surface area contributed by atoms with Gasteiger partial charge in [-0.3, -0.25) is 0 Å². The summed E-state index contributed by atoms with van der Waals surface area (Å²) in [6.07, 6.45) is 0.874. The standard InChI is InChI=1S/C27H30ClN3O3S/c1-15-17(3)31(14-20-29-12-13-35-20)25-21(15)23(18-8-10-19(28)11-9-18)22(16(2)30-25)24(26(32)33-7)34-27(4,5)6/h8-13,24H,14H2,1-7H3. The van der Waals surface area contributed by atoms with Crippen LogP contribution >= 0.6 is 22.9 Å². The van der Waals surface area contributed by atoms with Crippen molar-refractivity contribution in [3.05, 3.63) is 68.4 Å². The predicted molar refractivity (Wildman–Crippen MR) is 141 cm³/mol. The van der Waals surface area contributed by atoms with Gasteiger partial charge in [-0.15, -0.1) is 11.3 Å². The molecule has 184 valence electrons. The zero-order valence-corrected chi connectivity index (χ0v) is 22.7. The fourth-order valence-corrected chi connectivity index (χ4v) is 5.11. The van der Waals surface area contributed by atoms with Gasteiger partial charge in [0.2, 0.25) is 0 Å². The lowest BCUT2D eigenvalue weighted by Gasteiger charge is -2.28. The molecule has 0 saturated carbocycles. The lowest BCUT2D eigenvalue weighted by molar-refractivity contribution is -0.164. The van der Waals surface area contributed by atoms with Gasteiger partial charge >= 0.3 is 5.97 Å². The molecule has 0 aliphatic rings. The number of thiazole rings is 1. The lowest BCUT2D eigenvalue weighted by Crippen LogP contribution is -2.29. The summed E-state index contributed by atoms with van der Waals surface area (Å²) in [4.78, 5) is 22.6. The highest BCUT2D eigenvalue weighted by molar-refractivity contribution is 7.09. The maximum Gasteiger partial charge on any atom is 0.339 e. The number of rotatable bonds is 6. The van der Waals surface area contributed by atoms with Crippen molar-refractivity contribution in [1.82, 2.24) is 14.5 Å². The first-order chi connectivity index (χ1) is 16.5. The molecule has 0 aliphatic carbocycles. The number of esters is 1. The van der Waals surface area contributed by atoms with E-state index in [2.05, 4.69) is 23.4 Å². The Morgan fingerprint density at radius 2 is 1.86 bits per heavy atom. The number of carbonyl (C=O) groups is 1. The van der Waals surface area contributed by atoms with Gasteiger partial charge in [0, 0.05) is 44.5 Å². The third-order valence-electron chi connectivity index (χ3n) is 6.04. The van der Waals surface area contributed by atoms with E-state index in [0.717, 1.165) is 38.4 Å². The average molecular weight is 512 g/mol. The van der Waals surface area contributed by atoms with Crippen LogP contribution in [0.2, 0.25) is 5.02 Å². The molecule has 0 bridgehead atoms. The second-order valence-corrected chi connectivity index (χ2v) is 11.0. The first-order valence-electron chi connectivity index (χ1n) is 11.4. The minimum absolute atomic E-state index is 0.462. The maximum atomic E-state index is 13.1. The molecule has 3 aromatic heterocycles. The van der Waals surface area contributed by atoms with Crippen LogP contribution < -0.4 is 0 Å². The van der Waals surface area contributed by atoms with Gasteiger partial charge in [-0.1, -0.05) is 23.7 Å². The Morgan fingerprint density at radius 3 is 2.43 bits per heavy atom. The molecular formula is C27H30ClN3O3S. The molecule has 4 aromatic rings. The summed E-state index contributed by atoms with van der Waals surface area (Å²) in [6.45, 7) is 12.5. The summed E-state index contributed by atoms with van der Waals surface area (Å²) < 4.78 is 13.7. The molecule has 4 rings (SSSR count). The molecule has 1 atom stereocenters. The Labute approximate surface area is 214 Å². The zero-order valence-electron chi connectivity index (χ0n) is 21.1. The number of methoxy groups -OCH3 is 1. The van der Waals surface area contributed by atoms with Crippen molar-refractivity contribution in [3.8, 4) is 11.1 Å². The van der Waals surface area contributed by atoms with Crippen molar-refractivity contribution in [2.24, 2.45) is 0 Å². The van der Waals surface area contributed by atoms with Crippen LogP contribution in [-0.2, 0) is 20.8 Å². The van der Waals surface area contributed by atoms with E-state index in [0.29, 0.717) is 22.8 Å². The summed E-state index contributed by atoms with van der Waals surface area (Å²) in [5.74, 6) is -0.462. The number of benzene rings is 1. The Hall–Kier alpha value is -2.74. The van der Waals surface area contributed by atoms with Crippen LogP contribution in [0.5, 0.6) is 0 Å². The summed E-state index contributed by atoms with van der Waals surface area (Å²) in [6, 6.07) is 7.65. The quantitative estimate of drug-likeness (QED) is 0.266. The normalized spacial score (nSPS) is 12.8. The van der Waals surface area contributed by atoms with E-state index in [4.69, 9.17) is 26.1 Å². The number of ether oxygens (including phenoxy) is 2. The van der Waals surface area contributed by atoms with E-state index in [-0.39, 0.29) is 0 Å². The second kappa shape index (κ2) is 9.72. The van der Waals surface area contributed by atoms with E-state index in [1.165, 1.54) is 7.11 Å². The third kappa shape index (κ3) is 4.99. The van der Waals surface area contributed by atoms with Crippen LogP contribution in [0.15, 0.2) is 35.8 Å². The number of pyridine rings is 1. The van der Waals surface area contributed by atoms with Crippen molar-refractivity contribution >= 4 is 39.9 Å². The molecule has 35 heavy (non-hydrogen) atoms. The smallest absolute Gasteiger partial charge is 0.339 e. The number of carbonyl (C=O) groups excluding carboxylic acids is 1. The van der Waals surface area contributed by atoms with Crippen LogP contribution in [0.25, 0.3) is 22.2 Å². The Kier molecular flexibility index (Phi) is 7.04. The molecule has 1 unspecified atom stereocenters. The zero-order chi connectivity index (χ0) is 25.5. The molecule has 0 radical (unpaired) electrons. The molecule has 8 heteroatoms. The monoisotopic (exact) mass is 511 g/mol. The Bertz CT molecular complexity index is 1370. The van der Waals surface area contributed by atoms with Crippen molar-refractivity contribution < 1.29 is 14.3 Å². The van der Waals surface area contributed by atoms with Gasteiger partial charge in [0.05, 0.1) is 19.3 Å². The molecule has 1 aromatic carbocycles. The Balaban J connectivity index is 2.09. The van der Waals surface area contributed by atoms with Gasteiger partial charge in [0.25, 0.3) is 0 Å². The van der Waals surface area contributed by atoms with Crippen LogP contribution in [0, 0.1) is 20.8 Å². The van der Waals surface area contributed by atoms with E-state index in [9.17, 15) is 4.79 Å². The number of halogens is 1. The largest absolute Gasteiger partial charge is 0.467 e. The Morgan fingerprint density at radius 1 is 1.17 bits per heavy atom. The molecule has 0 amide bonds. The van der Waals surface area contributed by atoms with Gasteiger partial charge in [-0.2, -0.15) is 0 Å². The van der Waals surface area contributed by atoms with Crippen LogP contribution in [0.4, 0.5) is 0 Å². The molecule has 3 heterocycles. The minimum atomic E-state index is -0.940. The van der Waals surface area contributed by atoms with E-state index < -0.39 is 17.7 Å². The topological polar surface area (TPSA) is 66.2 Å². The molecule has 0 aliphatic heterocycles. The molecule has 0 saturated heterocycles. The molecular weight excluding hydrogens is 482 g/mol. The predicted octanol–water partition coefficient (Wildman–Crippen LogP) is 6.82. The van der Waals surface area contributed by atoms with Crippen molar-refractivity contribution in [2.45, 2.75) is 59.8 Å². The summed E-state index contributed by atoms with van der Waals surface area (Å²) >= 11 is 7.85. The number of aromatic nitrogens is 3. The maximum absolute atomic E-state index is 13.1. The van der Waals surface area contributed by atoms with Crippen molar-refractivity contribution in [2.75, 3.05) is 7.11 Å². The molecule has 0 fully saturated rings. The van der Waals surface area contributed by atoms with Crippen LogP contribution in [0.1, 0.15) is 54.4 Å². The van der Waals surface area contributed by atoms with E-state index >= 15 is 0 Å². The molecule has 0 N–H and O–H groups in total. The second-order valence-electron chi connectivity index (χ2n) is 9.55. The number of aryl methyl sites for hydroxylation is 2. The number of hydrogen-bond donors (Lipinski definition) is 0. The highest BCUT2D eigenvalue weighted by Crippen LogP contribution is 2.42. The van der Waals surface area contributed by atoms with E-state index in [1.807, 2.05) is 63.5 Å². The summed E-state index contributed by atoms with van der Waals surface area (Å²) in [5.41, 5.74) is 5.70. The SMILES string of the molecule is COC(=O)C(OC(C)(C)C)c1c(C)nc2c(c(C)c(C)n2Cc2nccs2)c1-c1ccc(Cl)cc1. The fourth-order valence-electron chi connectivity index (χ4n) is 4.38. The van der Waals surface area contributed by atoms with Gasteiger partial charge in [0.15, 0.2) is 6.10 Å². The first-order valence-corrected chi connectivity index (χ1v) is 12.7. The number of nitrogens with zero attached hydrogens (tertiary/aromatic N) is 3. The van der Waals surface area contributed by atoms with Crippen LogP contribution in [-0.4, -0.2) is 33.2 Å².